The Labute approximate surface area is 162 Å². The zero-order valence-electron chi connectivity index (χ0n) is 15.1. The standard InChI is InChI=1S/C21H20ClN3O2/c1-13(2)27-17-9-3-14(4-10-17)18-11-20(26)24-21-19(18)12-23-25(21)16-7-5-15(22)6-8-16/h3-10,12-13,18H,11H2,1-2H3,(H,24,26)/t18-/m0/s1. The van der Waals surface area contributed by atoms with Crippen LogP contribution in [0.5, 0.6) is 5.75 Å². The summed E-state index contributed by atoms with van der Waals surface area (Å²) in [6.45, 7) is 3.99. The summed E-state index contributed by atoms with van der Waals surface area (Å²) in [5.74, 6) is 1.47. The molecule has 27 heavy (non-hydrogen) atoms. The predicted molar refractivity (Wildman–Crippen MR) is 106 cm³/mol. The topological polar surface area (TPSA) is 56.1 Å². The van der Waals surface area contributed by atoms with Crippen molar-refractivity contribution < 1.29 is 9.53 Å². The summed E-state index contributed by atoms with van der Waals surface area (Å²) in [6.07, 6.45) is 2.34. The number of halogens is 1. The minimum Gasteiger partial charge on any atom is -0.491 e. The maximum Gasteiger partial charge on any atom is 0.226 e. The second kappa shape index (κ2) is 7.08. The van der Waals surface area contributed by atoms with Gasteiger partial charge in [-0.2, -0.15) is 5.10 Å². The average Bonchev–Trinajstić information content (AvgIpc) is 3.05. The summed E-state index contributed by atoms with van der Waals surface area (Å²) in [5.41, 5.74) is 2.92. The maximum atomic E-state index is 12.4. The van der Waals surface area contributed by atoms with Gasteiger partial charge in [-0.15, -0.1) is 0 Å². The number of hydrogen-bond donors (Lipinski definition) is 1. The Kier molecular flexibility index (Phi) is 4.62. The van der Waals surface area contributed by atoms with Gasteiger partial charge in [0.2, 0.25) is 5.91 Å². The number of rotatable bonds is 4. The number of hydrogen-bond acceptors (Lipinski definition) is 3. The van der Waals surface area contributed by atoms with Crippen molar-refractivity contribution in [2.24, 2.45) is 0 Å². The van der Waals surface area contributed by atoms with Crippen molar-refractivity contribution in [1.29, 1.82) is 0 Å². The fourth-order valence-corrected chi connectivity index (χ4v) is 3.47. The van der Waals surface area contributed by atoms with Gasteiger partial charge in [0.05, 0.1) is 18.0 Å². The molecule has 1 aromatic heterocycles. The number of anilines is 1. The molecular formula is C21H20ClN3O2. The quantitative estimate of drug-likeness (QED) is 0.707. The van der Waals surface area contributed by atoms with E-state index in [0.29, 0.717) is 17.3 Å². The van der Waals surface area contributed by atoms with Crippen molar-refractivity contribution in [1.82, 2.24) is 9.78 Å². The molecule has 2 heterocycles. The van der Waals surface area contributed by atoms with Gasteiger partial charge >= 0.3 is 0 Å². The van der Waals surface area contributed by atoms with E-state index in [9.17, 15) is 4.79 Å². The molecule has 3 aromatic rings. The molecule has 138 valence electrons. The number of aromatic nitrogens is 2. The summed E-state index contributed by atoms with van der Waals surface area (Å²) in [4.78, 5) is 12.4. The first-order chi connectivity index (χ1) is 13.0. The summed E-state index contributed by atoms with van der Waals surface area (Å²) in [7, 11) is 0. The van der Waals surface area contributed by atoms with Gasteiger partial charge in [0.25, 0.3) is 0 Å². The normalized spacial score (nSPS) is 16.1. The molecule has 4 rings (SSSR count). The molecule has 0 fully saturated rings. The van der Waals surface area contributed by atoms with E-state index < -0.39 is 0 Å². The van der Waals surface area contributed by atoms with Crippen LogP contribution in [0.25, 0.3) is 5.69 Å². The van der Waals surface area contributed by atoms with Crippen LogP contribution in [-0.2, 0) is 4.79 Å². The molecule has 5 nitrogen and oxygen atoms in total. The summed E-state index contributed by atoms with van der Waals surface area (Å²) < 4.78 is 7.45. The van der Waals surface area contributed by atoms with E-state index in [1.165, 1.54) is 0 Å². The van der Waals surface area contributed by atoms with Crippen LogP contribution in [0.3, 0.4) is 0 Å². The Balaban J connectivity index is 1.69. The molecule has 1 amide bonds. The monoisotopic (exact) mass is 381 g/mol. The first-order valence-corrected chi connectivity index (χ1v) is 9.29. The number of nitrogens with one attached hydrogen (secondary N) is 1. The minimum atomic E-state index is -0.0390. The van der Waals surface area contributed by atoms with Crippen molar-refractivity contribution in [3.8, 4) is 11.4 Å². The van der Waals surface area contributed by atoms with Crippen LogP contribution in [0.1, 0.15) is 37.3 Å². The number of nitrogens with zero attached hydrogens (tertiary/aromatic N) is 2. The lowest BCUT2D eigenvalue weighted by Crippen LogP contribution is -2.24. The number of carbonyl (C=O) groups is 1. The highest BCUT2D eigenvalue weighted by molar-refractivity contribution is 6.30. The van der Waals surface area contributed by atoms with Crippen molar-refractivity contribution in [2.45, 2.75) is 32.3 Å². The third-order valence-electron chi connectivity index (χ3n) is 4.55. The van der Waals surface area contributed by atoms with Crippen LogP contribution in [0.15, 0.2) is 54.7 Å². The van der Waals surface area contributed by atoms with E-state index in [4.69, 9.17) is 16.3 Å². The first kappa shape index (κ1) is 17.6. The van der Waals surface area contributed by atoms with E-state index in [0.717, 1.165) is 22.6 Å². The maximum absolute atomic E-state index is 12.4. The second-order valence-corrected chi connectivity index (χ2v) is 7.31. The van der Waals surface area contributed by atoms with Crippen LogP contribution in [0.2, 0.25) is 5.02 Å². The SMILES string of the molecule is CC(C)Oc1ccc([C@@H]2CC(=O)Nc3c2cnn3-c2ccc(Cl)cc2)cc1. The van der Waals surface area contributed by atoms with Crippen LogP contribution in [-0.4, -0.2) is 21.8 Å². The third kappa shape index (κ3) is 3.55. The average molecular weight is 382 g/mol. The molecule has 1 aliphatic rings. The highest BCUT2D eigenvalue weighted by atomic mass is 35.5. The van der Waals surface area contributed by atoms with E-state index in [1.54, 1.807) is 16.8 Å². The van der Waals surface area contributed by atoms with Gasteiger partial charge < -0.3 is 10.1 Å². The number of benzene rings is 2. The lowest BCUT2D eigenvalue weighted by atomic mass is 9.87. The fourth-order valence-electron chi connectivity index (χ4n) is 3.35. The molecule has 2 aromatic carbocycles. The molecule has 0 radical (unpaired) electrons. The zero-order chi connectivity index (χ0) is 19.0. The van der Waals surface area contributed by atoms with Crippen LogP contribution in [0.4, 0.5) is 5.82 Å². The van der Waals surface area contributed by atoms with Crippen molar-refractivity contribution in [3.63, 3.8) is 0 Å². The number of carbonyl (C=O) groups excluding carboxylic acids is 1. The molecule has 0 saturated heterocycles. The highest BCUT2D eigenvalue weighted by Gasteiger charge is 2.30. The summed E-state index contributed by atoms with van der Waals surface area (Å²) in [5, 5.41) is 8.12. The second-order valence-electron chi connectivity index (χ2n) is 6.88. The Bertz CT molecular complexity index is 962. The van der Waals surface area contributed by atoms with E-state index in [1.807, 2.05) is 56.4 Å². The number of ether oxygens (including phenoxy) is 1. The van der Waals surface area contributed by atoms with Crippen LogP contribution >= 0.6 is 11.6 Å². The van der Waals surface area contributed by atoms with Gasteiger partial charge in [-0.25, -0.2) is 4.68 Å². The summed E-state index contributed by atoms with van der Waals surface area (Å²) >= 11 is 5.98. The van der Waals surface area contributed by atoms with Crippen molar-refractivity contribution in [3.05, 3.63) is 70.9 Å². The third-order valence-corrected chi connectivity index (χ3v) is 4.80. The zero-order valence-corrected chi connectivity index (χ0v) is 15.9. The van der Waals surface area contributed by atoms with Crippen molar-refractivity contribution >= 4 is 23.3 Å². The van der Waals surface area contributed by atoms with E-state index in [-0.39, 0.29) is 17.9 Å². The van der Waals surface area contributed by atoms with E-state index >= 15 is 0 Å². The molecule has 1 N–H and O–H groups in total. The minimum absolute atomic E-state index is 0.0225. The van der Waals surface area contributed by atoms with Gasteiger partial charge in [0.15, 0.2) is 0 Å². The van der Waals surface area contributed by atoms with Gasteiger partial charge in [0.1, 0.15) is 11.6 Å². The largest absolute Gasteiger partial charge is 0.491 e. The Morgan fingerprint density at radius 2 is 1.85 bits per heavy atom. The fraction of sp³-hybridized carbons (Fsp3) is 0.238. The number of fused-ring (bicyclic) bond motifs is 1. The highest BCUT2D eigenvalue weighted by Crippen LogP contribution is 2.38. The summed E-state index contributed by atoms with van der Waals surface area (Å²) in [6, 6.07) is 15.3. The molecule has 1 aliphatic heterocycles. The molecule has 0 spiro atoms. The Morgan fingerprint density at radius 1 is 1.15 bits per heavy atom. The predicted octanol–water partition coefficient (Wildman–Crippen LogP) is 4.79. The number of amides is 1. The lowest BCUT2D eigenvalue weighted by molar-refractivity contribution is -0.116. The molecule has 0 aliphatic carbocycles. The molecule has 0 unspecified atom stereocenters. The van der Waals surface area contributed by atoms with Gasteiger partial charge in [-0.05, 0) is 55.8 Å². The van der Waals surface area contributed by atoms with Gasteiger partial charge in [0, 0.05) is 22.9 Å². The van der Waals surface area contributed by atoms with Crippen LogP contribution in [0, 0.1) is 0 Å². The van der Waals surface area contributed by atoms with E-state index in [2.05, 4.69) is 10.4 Å². The first-order valence-electron chi connectivity index (χ1n) is 8.91. The molecule has 6 heteroatoms. The molecule has 0 saturated carbocycles. The molecule has 0 bridgehead atoms. The Hall–Kier alpha value is -2.79. The smallest absolute Gasteiger partial charge is 0.226 e. The van der Waals surface area contributed by atoms with Crippen molar-refractivity contribution in [2.75, 3.05) is 5.32 Å². The van der Waals surface area contributed by atoms with Gasteiger partial charge in [-0.3, -0.25) is 4.79 Å². The lowest BCUT2D eigenvalue weighted by Gasteiger charge is -2.24. The van der Waals surface area contributed by atoms with Gasteiger partial charge in [-0.1, -0.05) is 23.7 Å². The molecular weight excluding hydrogens is 362 g/mol. The Morgan fingerprint density at radius 3 is 2.52 bits per heavy atom. The molecule has 1 atom stereocenters. The van der Waals surface area contributed by atoms with Crippen LogP contribution < -0.4 is 10.1 Å².